The molecule has 0 saturated heterocycles. The van der Waals surface area contributed by atoms with Crippen LogP contribution in [0.3, 0.4) is 0 Å². The van der Waals surface area contributed by atoms with Crippen molar-refractivity contribution in [2.75, 3.05) is 12.0 Å². The molecular weight excluding hydrogens is 156 g/mol. The number of imidazole rings is 1. The Hall–Kier alpha value is -0.440. The number of hydrogen-bond donors (Lipinski definition) is 0. The Morgan fingerprint density at radius 2 is 2.27 bits per heavy atom. The van der Waals surface area contributed by atoms with Crippen molar-refractivity contribution in [3.63, 3.8) is 0 Å². The van der Waals surface area contributed by atoms with E-state index in [2.05, 4.69) is 22.7 Å². The molecule has 0 radical (unpaired) electrons. The minimum atomic E-state index is 1.08. The molecule has 0 saturated carbocycles. The van der Waals surface area contributed by atoms with Crippen LogP contribution in [0.2, 0.25) is 0 Å². The normalized spacial score (nSPS) is 10.5. The lowest BCUT2D eigenvalue weighted by atomic mass is 10.4. The second-order valence-electron chi connectivity index (χ2n) is 2.60. The average molecular weight is 170 g/mol. The van der Waals surface area contributed by atoms with Crippen LogP contribution in [0.1, 0.15) is 11.4 Å². The summed E-state index contributed by atoms with van der Waals surface area (Å²) in [4.78, 5) is 4.22. The van der Waals surface area contributed by atoms with Crippen molar-refractivity contribution in [1.29, 1.82) is 0 Å². The first-order valence-corrected chi connectivity index (χ1v) is 5.12. The van der Waals surface area contributed by atoms with E-state index in [-0.39, 0.29) is 0 Å². The Kier molecular flexibility index (Phi) is 3.00. The highest BCUT2D eigenvalue weighted by Crippen LogP contribution is 2.05. The van der Waals surface area contributed by atoms with Gasteiger partial charge in [0.25, 0.3) is 0 Å². The van der Waals surface area contributed by atoms with Crippen LogP contribution in [0.15, 0.2) is 6.33 Å². The fourth-order valence-corrected chi connectivity index (χ4v) is 1.34. The lowest BCUT2D eigenvalue weighted by molar-refractivity contribution is 0.744. The molecule has 0 bridgehead atoms. The number of hydrogen-bond acceptors (Lipinski definition) is 2. The summed E-state index contributed by atoms with van der Waals surface area (Å²) in [6.45, 7) is 5.24. The predicted molar refractivity (Wildman–Crippen MR) is 50.1 cm³/mol. The summed E-state index contributed by atoms with van der Waals surface area (Å²) in [6.07, 6.45) is 4.04. The average Bonchev–Trinajstić information content (AvgIpc) is 2.31. The number of thioether (sulfide) groups is 1. The highest BCUT2D eigenvalue weighted by atomic mass is 32.2. The van der Waals surface area contributed by atoms with Crippen LogP contribution in [-0.2, 0) is 6.54 Å². The summed E-state index contributed by atoms with van der Waals surface area (Å²) in [5.41, 5.74) is 2.44. The first-order valence-electron chi connectivity index (χ1n) is 3.73. The van der Waals surface area contributed by atoms with Gasteiger partial charge in [-0.15, -0.1) is 0 Å². The minimum Gasteiger partial charge on any atom is -0.334 e. The molecule has 1 aromatic heterocycles. The second-order valence-corrected chi connectivity index (χ2v) is 3.59. The van der Waals surface area contributed by atoms with Crippen molar-refractivity contribution < 1.29 is 0 Å². The summed E-state index contributed by atoms with van der Waals surface area (Å²) in [5, 5.41) is 0. The molecule has 0 aliphatic carbocycles. The van der Waals surface area contributed by atoms with Gasteiger partial charge in [-0.3, -0.25) is 0 Å². The van der Waals surface area contributed by atoms with Gasteiger partial charge >= 0.3 is 0 Å². The molecule has 1 heterocycles. The van der Waals surface area contributed by atoms with Crippen molar-refractivity contribution in [2.24, 2.45) is 0 Å². The standard InChI is InChI=1S/C8H14N2S/c1-7-8(2)10(6-9-7)4-5-11-3/h6H,4-5H2,1-3H3. The third-order valence-corrected chi connectivity index (χ3v) is 2.47. The molecule has 0 spiro atoms. The molecule has 62 valence electrons. The molecule has 3 heteroatoms. The quantitative estimate of drug-likeness (QED) is 0.689. The lowest BCUT2D eigenvalue weighted by Crippen LogP contribution is -2.00. The van der Waals surface area contributed by atoms with E-state index in [0.717, 1.165) is 18.0 Å². The molecule has 0 fully saturated rings. The van der Waals surface area contributed by atoms with Gasteiger partial charge in [0.1, 0.15) is 0 Å². The Balaban J connectivity index is 2.63. The van der Waals surface area contributed by atoms with Crippen LogP contribution in [0.5, 0.6) is 0 Å². The fourth-order valence-electron chi connectivity index (χ4n) is 0.959. The molecule has 0 amide bonds. The van der Waals surface area contributed by atoms with E-state index in [9.17, 15) is 0 Å². The molecular formula is C8H14N2S. The summed E-state index contributed by atoms with van der Waals surface area (Å²) < 4.78 is 2.20. The second kappa shape index (κ2) is 3.81. The maximum Gasteiger partial charge on any atom is 0.0951 e. The van der Waals surface area contributed by atoms with Crippen LogP contribution >= 0.6 is 11.8 Å². The zero-order valence-electron chi connectivity index (χ0n) is 7.29. The van der Waals surface area contributed by atoms with Crippen molar-refractivity contribution in [1.82, 2.24) is 9.55 Å². The van der Waals surface area contributed by atoms with Gasteiger partial charge < -0.3 is 4.57 Å². The smallest absolute Gasteiger partial charge is 0.0951 e. The third-order valence-electron chi connectivity index (χ3n) is 1.88. The van der Waals surface area contributed by atoms with E-state index < -0.39 is 0 Å². The van der Waals surface area contributed by atoms with Crippen LogP contribution in [0, 0.1) is 13.8 Å². The molecule has 0 atom stereocenters. The molecule has 11 heavy (non-hydrogen) atoms. The highest BCUT2D eigenvalue weighted by Gasteiger charge is 1.99. The zero-order valence-corrected chi connectivity index (χ0v) is 8.11. The van der Waals surface area contributed by atoms with Crippen molar-refractivity contribution in [3.05, 3.63) is 17.7 Å². The van der Waals surface area contributed by atoms with Gasteiger partial charge in [0, 0.05) is 18.0 Å². The number of aryl methyl sites for hydroxylation is 2. The Morgan fingerprint density at radius 1 is 1.55 bits per heavy atom. The molecule has 2 nitrogen and oxygen atoms in total. The third kappa shape index (κ3) is 1.99. The molecule has 0 aliphatic heterocycles. The van der Waals surface area contributed by atoms with E-state index in [1.807, 2.05) is 25.0 Å². The molecule has 0 aliphatic rings. The fraction of sp³-hybridized carbons (Fsp3) is 0.625. The van der Waals surface area contributed by atoms with E-state index in [1.54, 1.807) is 0 Å². The summed E-state index contributed by atoms with van der Waals surface area (Å²) in [5.74, 6) is 1.16. The van der Waals surface area contributed by atoms with Crippen LogP contribution < -0.4 is 0 Å². The highest BCUT2D eigenvalue weighted by molar-refractivity contribution is 7.98. The first kappa shape index (κ1) is 8.65. The van der Waals surface area contributed by atoms with Gasteiger partial charge in [-0.1, -0.05) is 0 Å². The van der Waals surface area contributed by atoms with Gasteiger partial charge in [0.05, 0.1) is 12.0 Å². The largest absolute Gasteiger partial charge is 0.334 e. The van der Waals surface area contributed by atoms with Crippen LogP contribution in [0.25, 0.3) is 0 Å². The lowest BCUT2D eigenvalue weighted by Gasteiger charge is -2.02. The maximum absolute atomic E-state index is 4.22. The molecule has 1 aromatic rings. The molecule has 0 aromatic carbocycles. The Bertz CT molecular complexity index is 230. The van der Waals surface area contributed by atoms with E-state index in [1.165, 1.54) is 5.69 Å². The number of aromatic nitrogens is 2. The zero-order chi connectivity index (χ0) is 8.27. The SMILES string of the molecule is CSCCn1cnc(C)c1C. The van der Waals surface area contributed by atoms with Crippen LogP contribution in [-0.4, -0.2) is 21.6 Å². The van der Waals surface area contributed by atoms with Gasteiger partial charge in [-0.05, 0) is 20.1 Å². The maximum atomic E-state index is 4.22. The van der Waals surface area contributed by atoms with Gasteiger partial charge in [0.15, 0.2) is 0 Å². The van der Waals surface area contributed by atoms with Crippen molar-refractivity contribution in [2.45, 2.75) is 20.4 Å². The number of nitrogens with zero attached hydrogens (tertiary/aromatic N) is 2. The van der Waals surface area contributed by atoms with E-state index >= 15 is 0 Å². The van der Waals surface area contributed by atoms with Crippen LogP contribution in [0.4, 0.5) is 0 Å². The number of rotatable bonds is 3. The molecule has 1 rings (SSSR count). The van der Waals surface area contributed by atoms with Gasteiger partial charge in [0.2, 0.25) is 0 Å². The monoisotopic (exact) mass is 170 g/mol. The molecule has 0 unspecified atom stereocenters. The summed E-state index contributed by atoms with van der Waals surface area (Å²) in [7, 11) is 0. The topological polar surface area (TPSA) is 17.8 Å². The van der Waals surface area contributed by atoms with E-state index in [4.69, 9.17) is 0 Å². The van der Waals surface area contributed by atoms with E-state index in [0.29, 0.717) is 0 Å². The predicted octanol–water partition coefficient (Wildman–Crippen LogP) is 1.86. The summed E-state index contributed by atoms with van der Waals surface area (Å²) >= 11 is 1.87. The van der Waals surface area contributed by atoms with Crippen molar-refractivity contribution >= 4 is 11.8 Å². The Labute approximate surface area is 72.0 Å². The Morgan fingerprint density at radius 3 is 2.73 bits per heavy atom. The van der Waals surface area contributed by atoms with Gasteiger partial charge in [-0.2, -0.15) is 11.8 Å². The van der Waals surface area contributed by atoms with Gasteiger partial charge in [-0.25, -0.2) is 4.98 Å². The summed E-state index contributed by atoms with van der Waals surface area (Å²) in [6, 6.07) is 0. The molecule has 0 N–H and O–H groups in total. The minimum absolute atomic E-state index is 1.08. The van der Waals surface area contributed by atoms with Crippen molar-refractivity contribution in [3.8, 4) is 0 Å². The first-order chi connectivity index (χ1) is 5.25.